The van der Waals surface area contributed by atoms with Crippen LogP contribution < -0.4 is 14.8 Å². The summed E-state index contributed by atoms with van der Waals surface area (Å²) in [7, 11) is -3.56. The van der Waals surface area contributed by atoms with Gasteiger partial charge in [-0.2, -0.15) is 4.31 Å². The number of sulfonamides is 1. The Morgan fingerprint density at radius 1 is 1.11 bits per heavy atom. The van der Waals surface area contributed by atoms with Crippen molar-refractivity contribution in [3.05, 3.63) is 48.0 Å². The Morgan fingerprint density at radius 3 is 2.63 bits per heavy atom. The third-order valence-corrected chi connectivity index (χ3v) is 9.90. The molecule has 0 saturated carbocycles. The summed E-state index contributed by atoms with van der Waals surface area (Å²) in [6, 6.07) is 12.2. The van der Waals surface area contributed by atoms with Gasteiger partial charge in [0.15, 0.2) is 22.3 Å². The molecule has 1 N–H and O–H groups in total. The molecule has 38 heavy (non-hydrogen) atoms. The molecule has 0 unspecified atom stereocenters. The van der Waals surface area contributed by atoms with Gasteiger partial charge in [0.25, 0.3) is 0 Å². The standard InChI is InChI=1S/C26H27N5O5S2/c1-16-11-18-12-22-23(36-15-35-22)13-21(18)31-25(16)28-29-26(31)37-14-24(32)27-19-6-8-20(9-7-19)38(33,34)30-10-4-3-5-17(30)2/h6-9,11-13,17H,3-5,10,14-15H2,1-2H3,(H,27,32)/t17-/m1/s1. The minimum Gasteiger partial charge on any atom is -0.454 e. The van der Waals surface area contributed by atoms with Crippen LogP contribution in [-0.2, 0) is 14.8 Å². The van der Waals surface area contributed by atoms with Gasteiger partial charge in [0.05, 0.1) is 16.2 Å². The van der Waals surface area contributed by atoms with Crippen molar-refractivity contribution in [2.24, 2.45) is 0 Å². The van der Waals surface area contributed by atoms with Crippen LogP contribution in [0.25, 0.3) is 16.6 Å². The molecule has 2 aromatic carbocycles. The number of pyridine rings is 1. The number of nitrogens with one attached hydrogen (secondary N) is 1. The third-order valence-electron chi connectivity index (χ3n) is 6.94. The summed E-state index contributed by atoms with van der Waals surface area (Å²) in [6.45, 7) is 4.63. The van der Waals surface area contributed by atoms with Crippen molar-refractivity contribution in [3.63, 3.8) is 0 Å². The molecular weight excluding hydrogens is 526 g/mol. The lowest BCUT2D eigenvalue weighted by atomic mass is 10.1. The minimum atomic E-state index is -3.56. The van der Waals surface area contributed by atoms with E-state index in [0.717, 1.165) is 35.7 Å². The van der Waals surface area contributed by atoms with E-state index in [1.165, 1.54) is 11.8 Å². The zero-order valence-electron chi connectivity index (χ0n) is 21.0. The van der Waals surface area contributed by atoms with E-state index < -0.39 is 10.0 Å². The van der Waals surface area contributed by atoms with E-state index >= 15 is 0 Å². The second kappa shape index (κ2) is 9.75. The van der Waals surface area contributed by atoms with Crippen molar-refractivity contribution in [1.29, 1.82) is 0 Å². The van der Waals surface area contributed by atoms with Crippen LogP contribution in [0.1, 0.15) is 31.7 Å². The second-order valence-corrected chi connectivity index (χ2v) is 12.4. The molecule has 12 heteroatoms. The van der Waals surface area contributed by atoms with Crippen molar-refractivity contribution in [2.75, 3.05) is 24.4 Å². The first kappa shape index (κ1) is 25.0. The number of rotatable bonds is 6. The highest BCUT2D eigenvalue weighted by Gasteiger charge is 2.30. The predicted octanol–water partition coefficient (Wildman–Crippen LogP) is 4.21. The lowest BCUT2D eigenvalue weighted by molar-refractivity contribution is -0.113. The van der Waals surface area contributed by atoms with E-state index in [2.05, 4.69) is 15.5 Å². The van der Waals surface area contributed by atoms with E-state index in [-0.39, 0.29) is 29.4 Å². The van der Waals surface area contributed by atoms with Crippen molar-refractivity contribution >= 4 is 49.9 Å². The van der Waals surface area contributed by atoms with Crippen LogP contribution in [0.2, 0.25) is 0 Å². The lowest BCUT2D eigenvalue weighted by Gasteiger charge is -2.32. The molecule has 6 rings (SSSR count). The Morgan fingerprint density at radius 2 is 1.87 bits per heavy atom. The quantitative estimate of drug-likeness (QED) is 0.353. The highest BCUT2D eigenvalue weighted by molar-refractivity contribution is 7.99. The summed E-state index contributed by atoms with van der Waals surface area (Å²) in [5, 5.41) is 13.0. The molecule has 4 heterocycles. The number of benzene rings is 2. The largest absolute Gasteiger partial charge is 0.454 e. The van der Waals surface area contributed by atoms with Gasteiger partial charge in [-0.3, -0.25) is 9.20 Å². The Hall–Kier alpha value is -3.35. The smallest absolute Gasteiger partial charge is 0.243 e. The first-order valence-electron chi connectivity index (χ1n) is 12.4. The fourth-order valence-corrected chi connectivity index (χ4v) is 7.44. The maximum atomic E-state index is 13.1. The van der Waals surface area contributed by atoms with Crippen LogP contribution in [0.4, 0.5) is 5.69 Å². The first-order chi connectivity index (χ1) is 18.3. The summed E-state index contributed by atoms with van der Waals surface area (Å²) in [5.41, 5.74) is 3.05. The topological polar surface area (TPSA) is 115 Å². The number of hydrogen-bond acceptors (Lipinski definition) is 8. The molecule has 4 aromatic rings. The minimum absolute atomic E-state index is 0.0129. The average molecular weight is 554 g/mol. The number of aryl methyl sites for hydroxylation is 1. The summed E-state index contributed by atoms with van der Waals surface area (Å²) < 4.78 is 40.7. The molecule has 2 aliphatic rings. The van der Waals surface area contributed by atoms with Crippen LogP contribution in [0.15, 0.2) is 52.5 Å². The monoisotopic (exact) mass is 553 g/mol. The van der Waals surface area contributed by atoms with E-state index in [9.17, 15) is 13.2 Å². The van der Waals surface area contributed by atoms with E-state index in [0.29, 0.717) is 34.5 Å². The number of nitrogens with zero attached hydrogens (tertiary/aromatic N) is 4. The number of fused-ring (bicyclic) bond motifs is 4. The van der Waals surface area contributed by atoms with Crippen molar-refractivity contribution in [2.45, 2.75) is 49.2 Å². The number of carbonyl (C=O) groups excluding carboxylic acids is 1. The van der Waals surface area contributed by atoms with Crippen LogP contribution in [0.5, 0.6) is 11.5 Å². The second-order valence-electron chi connectivity index (χ2n) is 9.56. The van der Waals surface area contributed by atoms with Crippen LogP contribution in [0.3, 0.4) is 0 Å². The van der Waals surface area contributed by atoms with Gasteiger partial charge in [0, 0.05) is 29.7 Å². The summed E-state index contributed by atoms with van der Waals surface area (Å²) >= 11 is 1.27. The van der Waals surface area contributed by atoms with Gasteiger partial charge in [0.2, 0.25) is 22.7 Å². The molecular formula is C26H27N5O5S2. The lowest BCUT2D eigenvalue weighted by Crippen LogP contribution is -2.41. The Balaban J connectivity index is 1.17. The highest BCUT2D eigenvalue weighted by atomic mass is 32.2. The van der Waals surface area contributed by atoms with E-state index in [4.69, 9.17) is 9.47 Å². The average Bonchev–Trinajstić information content (AvgIpc) is 3.54. The zero-order valence-corrected chi connectivity index (χ0v) is 22.6. The molecule has 0 bridgehead atoms. The summed E-state index contributed by atoms with van der Waals surface area (Å²) in [5.74, 6) is 1.22. The number of piperidine rings is 1. The molecule has 1 atom stereocenters. The Bertz CT molecular complexity index is 1650. The maximum Gasteiger partial charge on any atom is 0.243 e. The molecule has 1 amide bonds. The number of hydrogen-bond donors (Lipinski definition) is 1. The molecule has 2 aromatic heterocycles. The SMILES string of the molecule is Cc1cc2cc3c(cc2n2c(SCC(=O)Nc4ccc(S(=O)(=O)N5CCCC[C@H]5C)cc4)nnc12)OCO3. The van der Waals surface area contributed by atoms with Gasteiger partial charge >= 0.3 is 0 Å². The summed E-state index contributed by atoms with van der Waals surface area (Å²) in [6.07, 6.45) is 2.78. The molecule has 0 aliphatic carbocycles. The van der Waals surface area contributed by atoms with Gasteiger partial charge in [-0.05, 0) is 68.7 Å². The normalized spacial score (nSPS) is 17.8. The number of thioether (sulfide) groups is 1. The van der Waals surface area contributed by atoms with E-state index in [1.807, 2.05) is 36.4 Å². The molecule has 1 fully saturated rings. The number of anilines is 1. The number of aromatic nitrogens is 3. The van der Waals surface area contributed by atoms with Gasteiger partial charge in [-0.25, -0.2) is 8.42 Å². The van der Waals surface area contributed by atoms with Gasteiger partial charge in [-0.1, -0.05) is 18.2 Å². The van der Waals surface area contributed by atoms with Crippen molar-refractivity contribution < 1.29 is 22.7 Å². The molecule has 0 spiro atoms. The molecule has 0 radical (unpaired) electrons. The Kier molecular flexibility index (Phi) is 6.40. The van der Waals surface area contributed by atoms with Crippen LogP contribution in [0, 0.1) is 6.92 Å². The van der Waals surface area contributed by atoms with Crippen LogP contribution in [-0.4, -0.2) is 58.4 Å². The highest BCUT2D eigenvalue weighted by Crippen LogP contribution is 2.37. The summed E-state index contributed by atoms with van der Waals surface area (Å²) in [4.78, 5) is 13.0. The number of ether oxygens (including phenoxy) is 2. The zero-order chi connectivity index (χ0) is 26.4. The number of carbonyl (C=O) groups is 1. The Labute approximate surface area is 224 Å². The third kappa shape index (κ3) is 4.46. The van der Waals surface area contributed by atoms with Gasteiger partial charge in [0.1, 0.15) is 0 Å². The molecule has 1 saturated heterocycles. The first-order valence-corrected chi connectivity index (χ1v) is 14.9. The molecule has 2 aliphatic heterocycles. The van der Waals surface area contributed by atoms with Crippen molar-refractivity contribution in [3.8, 4) is 11.5 Å². The molecule has 10 nitrogen and oxygen atoms in total. The molecule has 198 valence electrons. The predicted molar refractivity (Wildman–Crippen MR) is 144 cm³/mol. The van der Waals surface area contributed by atoms with Gasteiger partial charge < -0.3 is 14.8 Å². The fourth-order valence-electron chi connectivity index (χ4n) is 4.99. The van der Waals surface area contributed by atoms with Crippen molar-refractivity contribution in [1.82, 2.24) is 18.9 Å². The van der Waals surface area contributed by atoms with E-state index in [1.54, 1.807) is 28.6 Å². The fraction of sp³-hybridized carbons (Fsp3) is 0.346. The van der Waals surface area contributed by atoms with Crippen LogP contribution >= 0.6 is 11.8 Å². The number of amides is 1. The maximum absolute atomic E-state index is 13.1. The van der Waals surface area contributed by atoms with Gasteiger partial charge in [-0.15, -0.1) is 10.2 Å².